The van der Waals surface area contributed by atoms with Crippen LogP contribution < -0.4 is 5.32 Å². The molecule has 2 rings (SSSR count). The van der Waals surface area contributed by atoms with Crippen molar-refractivity contribution in [2.45, 2.75) is 46.2 Å². The molecular weight excluding hydrogens is 272 g/mol. The van der Waals surface area contributed by atoms with Gasteiger partial charge in [0.05, 0.1) is 12.6 Å². The lowest BCUT2D eigenvalue weighted by Crippen LogP contribution is -2.47. The van der Waals surface area contributed by atoms with Gasteiger partial charge < -0.3 is 19.8 Å². The number of aliphatic hydroxyl groups excluding tert-OH is 1. The number of urea groups is 1. The van der Waals surface area contributed by atoms with Crippen LogP contribution in [0.5, 0.6) is 0 Å². The van der Waals surface area contributed by atoms with Gasteiger partial charge in [-0.25, -0.2) is 4.79 Å². The molecule has 2 heterocycles. The normalized spacial score (nSPS) is 23.6. The van der Waals surface area contributed by atoms with Gasteiger partial charge >= 0.3 is 6.03 Å². The number of aromatic nitrogens is 2. The number of aliphatic hydroxyl groups is 1. The maximum absolute atomic E-state index is 12.5. The third kappa shape index (κ3) is 3.34. The summed E-state index contributed by atoms with van der Waals surface area (Å²) in [5.41, 5.74) is 0. The number of carbonyl (C=O) groups excluding carboxylic acids is 1. The fourth-order valence-electron chi connectivity index (χ4n) is 2.71. The van der Waals surface area contributed by atoms with Gasteiger partial charge in [-0.3, -0.25) is 0 Å². The molecule has 1 aliphatic rings. The summed E-state index contributed by atoms with van der Waals surface area (Å²) < 4.78 is 5.18. The van der Waals surface area contributed by atoms with Crippen molar-refractivity contribution in [2.24, 2.45) is 11.8 Å². The molecule has 1 aromatic rings. The topological polar surface area (TPSA) is 91.5 Å². The molecule has 0 saturated carbocycles. The summed E-state index contributed by atoms with van der Waals surface area (Å²) in [5.74, 6) is 1.40. The van der Waals surface area contributed by atoms with Gasteiger partial charge in [-0.1, -0.05) is 25.9 Å². The Morgan fingerprint density at radius 2 is 2.29 bits per heavy atom. The van der Waals surface area contributed by atoms with Gasteiger partial charge in [0.1, 0.15) is 6.04 Å². The third-order valence-corrected chi connectivity index (χ3v) is 4.09. The van der Waals surface area contributed by atoms with E-state index in [2.05, 4.69) is 22.4 Å². The average Bonchev–Trinajstić information content (AvgIpc) is 3.01. The van der Waals surface area contributed by atoms with Crippen LogP contribution >= 0.6 is 0 Å². The molecule has 1 aromatic heterocycles. The van der Waals surface area contributed by atoms with Crippen molar-refractivity contribution in [3.63, 3.8) is 0 Å². The monoisotopic (exact) mass is 296 g/mol. The number of rotatable bonds is 4. The number of aryl methyl sites for hydroxylation is 1. The zero-order chi connectivity index (χ0) is 15.6. The van der Waals surface area contributed by atoms with Crippen LogP contribution in [0.4, 0.5) is 4.79 Å². The molecule has 7 nitrogen and oxygen atoms in total. The molecule has 0 spiro atoms. The Labute approximate surface area is 124 Å². The standard InChI is InChI=1S/C14H24N4O3/c1-8(2)12(13-15-10(4)17-21-13)16-14(20)18-6-5-9(3)11(18)7-19/h8-9,11-12,19H,5-7H2,1-4H3,(H,16,20)/t9-,11-,12+/m0/s1. The lowest BCUT2D eigenvalue weighted by Gasteiger charge is -2.28. The van der Waals surface area contributed by atoms with E-state index in [9.17, 15) is 9.90 Å². The number of likely N-dealkylation sites (tertiary alicyclic amines) is 1. The minimum Gasteiger partial charge on any atom is -0.394 e. The van der Waals surface area contributed by atoms with Gasteiger partial charge in [0, 0.05) is 6.54 Å². The highest BCUT2D eigenvalue weighted by Crippen LogP contribution is 2.25. The van der Waals surface area contributed by atoms with Crippen LogP contribution in [-0.2, 0) is 0 Å². The number of nitrogens with zero attached hydrogens (tertiary/aromatic N) is 3. The molecule has 7 heteroatoms. The maximum Gasteiger partial charge on any atom is 0.318 e. The Bertz CT molecular complexity index is 488. The van der Waals surface area contributed by atoms with E-state index in [1.54, 1.807) is 11.8 Å². The summed E-state index contributed by atoms with van der Waals surface area (Å²) >= 11 is 0. The van der Waals surface area contributed by atoms with Crippen LogP contribution in [0.3, 0.4) is 0 Å². The van der Waals surface area contributed by atoms with Crippen LogP contribution in [-0.4, -0.2) is 45.4 Å². The highest BCUT2D eigenvalue weighted by Gasteiger charge is 2.35. The second kappa shape index (κ2) is 6.43. The van der Waals surface area contributed by atoms with E-state index in [4.69, 9.17) is 4.52 Å². The highest BCUT2D eigenvalue weighted by molar-refractivity contribution is 5.75. The summed E-state index contributed by atoms with van der Waals surface area (Å²) in [6, 6.07) is -0.635. The predicted molar refractivity (Wildman–Crippen MR) is 76.5 cm³/mol. The predicted octanol–water partition coefficient (Wildman–Crippen LogP) is 1.49. The fourth-order valence-corrected chi connectivity index (χ4v) is 2.71. The molecule has 3 atom stereocenters. The van der Waals surface area contributed by atoms with Crippen LogP contribution in [0.1, 0.15) is 44.9 Å². The molecule has 0 radical (unpaired) electrons. The van der Waals surface area contributed by atoms with E-state index >= 15 is 0 Å². The molecule has 1 saturated heterocycles. The van der Waals surface area contributed by atoms with E-state index in [0.717, 1.165) is 6.42 Å². The number of amides is 2. The van der Waals surface area contributed by atoms with Gasteiger partial charge in [0.2, 0.25) is 5.89 Å². The molecular formula is C14H24N4O3. The van der Waals surface area contributed by atoms with E-state index in [0.29, 0.717) is 24.2 Å². The Hall–Kier alpha value is -1.63. The van der Waals surface area contributed by atoms with E-state index in [1.165, 1.54) is 0 Å². The first-order valence-corrected chi connectivity index (χ1v) is 7.42. The highest BCUT2D eigenvalue weighted by atomic mass is 16.5. The molecule has 0 bridgehead atoms. The molecule has 21 heavy (non-hydrogen) atoms. The van der Waals surface area contributed by atoms with Crippen molar-refractivity contribution in [1.82, 2.24) is 20.4 Å². The maximum atomic E-state index is 12.5. The molecule has 0 unspecified atom stereocenters. The van der Waals surface area contributed by atoms with E-state index in [-0.39, 0.29) is 30.6 Å². The first kappa shape index (κ1) is 15.8. The van der Waals surface area contributed by atoms with Crippen molar-refractivity contribution in [3.05, 3.63) is 11.7 Å². The number of carbonyl (C=O) groups is 1. The summed E-state index contributed by atoms with van der Waals surface area (Å²) in [7, 11) is 0. The van der Waals surface area contributed by atoms with Crippen molar-refractivity contribution in [1.29, 1.82) is 0 Å². The second-order valence-corrected chi connectivity index (χ2v) is 6.06. The SMILES string of the molecule is Cc1noc([C@H](NC(=O)N2CC[C@H](C)[C@@H]2CO)C(C)C)n1. The van der Waals surface area contributed by atoms with Gasteiger partial charge in [0.15, 0.2) is 5.82 Å². The summed E-state index contributed by atoms with van der Waals surface area (Å²) in [4.78, 5) is 18.4. The van der Waals surface area contributed by atoms with Gasteiger partial charge in [-0.15, -0.1) is 0 Å². The Balaban J connectivity index is 2.09. The summed E-state index contributed by atoms with van der Waals surface area (Å²) in [6.07, 6.45) is 0.907. The minimum atomic E-state index is -0.325. The zero-order valence-electron chi connectivity index (χ0n) is 13.0. The number of hydrogen-bond donors (Lipinski definition) is 2. The van der Waals surface area contributed by atoms with Crippen molar-refractivity contribution in [3.8, 4) is 0 Å². The van der Waals surface area contributed by atoms with Crippen molar-refractivity contribution < 1.29 is 14.4 Å². The molecule has 0 aliphatic carbocycles. The second-order valence-electron chi connectivity index (χ2n) is 6.06. The van der Waals surface area contributed by atoms with Gasteiger partial charge in [0.25, 0.3) is 0 Å². The van der Waals surface area contributed by atoms with Crippen LogP contribution in [0.15, 0.2) is 4.52 Å². The largest absolute Gasteiger partial charge is 0.394 e. The molecule has 1 aliphatic heterocycles. The van der Waals surface area contributed by atoms with Crippen LogP contribution in [0.2, 0.25) is 0 Å². The quantitative estimate of drug-likeness (QED) is 0.878. The molecule has 118 valence electrons. The van der Waals surface area contributed by atoms with Crippen molar-refractivity contribution in [2.75, 3.05) is 13.2 Å². The number of hydrogen-bond acceptors (Lipinski definition) is 5. The summed E-state index contributed by atoms with van der Waals surface area (Å²) in [5, 5.41) is 16.2. The smallest absolute Gasteiger partial charge is 0.318 e. The first-order chi connectivity index (χ1) is 9.93. The van der Waals surface area contributed by atoms with E-state index < -0.39 is 0 Å². The fraction of sp³-hybridized carbons (Fsp3) is 0.786. The van der Waals surface area contributed by atoms with Crippen molar-refractivity contribution >= 4 is 6.03 Å². The van der Waals surface area contributed by atoms with E-state index in [1.807, 2.05) is 13.8 Å². The Morgan fingerprint density at radius 3 is 2.81 bits per heavy atom. The molecule has 2 amide bonds. The minimum absolute atomic E-state index is 0.0133. The molecule has 2 N–H and O–H groups in total. The zero-order valence-corrected chi connectivity index (χ0v) is 13.0. The molecule has 1 fully saturated rings. The summed E-state index contributed by atoms with van der Waals surface area (Å²) in [6.45, 7) is 8.42. The first-order valence-electron chi connectivity index (χ1n) is 7.42. The Kier molecular flexibility index (Phi) is 4.82. The van der Waals surface area contributed by atoms with Crippen LogP contribution in [0.25, 0.3) is 0 Å². The lowest BCUT2D eigenvalue weighted by atomic mass is 10.0. The number of nitrogens with one attached hydrogen (secondary N) is 1. The average molecular weight is 296 g/mol. The van der Waals surface area contributed by atoms with Gasteiger partial charge in [-0.05, 0) is 25.2 Å². The molecule has 0 aromatic carbocycles. The lowest BCUT2D eigenvalue weighted by molar-refractivity contribution is 0.138. The van der Waals surface area contributed by atoms with Crippen LogP contribution in [0, 0.1) is 18.8 Å². The Morgan fingerprint density at radius 1 is 1.57 bits per heavy atom. The van der Waals surface area contributed by atoms with Gasteiger partial charge in [-0.2, -0.15) is 4.98 Å². The third-order valence-electron chi connectivity index (χ3n) is 4.09.